The van der Waals surface area contributed by atoms with Crippen molar-refractivity contribution in [2.24, 2.45) is 5.41 Å². The summed E-state index contributed by atoms with van der Waals surface area (Å²) in [5.41, 5.74) is -2.87. The van der Waals surface area contributed by atoms with Crippen molar-refractivity contribution in [3.63, 3.8) is 0 Å². The predicted molar refractivity (Wildman–Crippen MR) is 76.2 cm³/mol. The van der Waals surface area contributed by atoms with Gasteiger partial charge in [-0.05, 0) is 55.4 Å². The van der Waals surface area contributed by atoms with Crippen molar-refractivity contribution in [2.75, 3.05) is 0 Å². The fourth-order valence-electron chi connectivity index (χ4n) is 1.01. The van der Waals surface area contributed by atoms with Crippen LogP contribution < -0.4 is 0 Å². The van der Waals surface area contributed by atoms with Gasteiger partial charge in [0.2, 0.25) is 0 Å². The molecule has 4 heteroatoms. The smallest absolute Gasteiger partial charge is 0.388 e. The van der Waals surface area contributed by atoms with Crippen molar-refractivity contribution in [1.29, 1.82) is 0 Å². The van der Waals surface area contributed by atoms with Crippen LogP contribution in [0.5, 0.6) is 0 Å². The van der Waals surface area contributed by atoms with Gasteiger partial charge in [-0.15, -0.1) is 0 Å². The van der Waals surface area contributed by atoms with Gasteiger partial charge in [0.15, 0.2) is 0 Å². The Morgan fingerprint density at radius 3 is 1.50 bits per heavy atom. The van der Waals surface area contributed by atoms with Gasteiger partial charge < -0.3 is 14.9 Å². The van der Waals surface area contributed by atoms with Crippen LogP contribution >= 0.6 is 0 Å². The Morgan fingerprint density at radius 2 is 1.22 bits per heavy atom. The van der Waals surface area contributed by atoms with Crippen molar-refractivity contribution in [3.05, 3.63) is 5.82 Å². The molecule has 0 saturated carbocycles. The molecule has 0 aliphatic rings. The van der Waals surface area contributed by atoms with Gasteiger partial charge in [0.05, 0.1) is 23.9 Å². The fraction of sp³-hybridized carbons (Fsp3) is 0.929. The average Bonchev–Trinajstić information content (AvgIpc) is 2.10. The second-order valence-corrected chi connectivity index (χ2v) is 7.17. The molecule has 18 heavy (non-hydrogen) atoms. The summed E-state index contributed by atoms with van der Waals surface area (Å²) in [5, 5.41) is 20.2. The first-order valence-corrected chi connectivity index (χ1v) is 6.43. The minimum Gasteiger partial charge on any atom is -0.388 e. The summed E-state index contributed by atoms with van der Waals surface area (Å²) in [7, 11) is 1.65. The highest BCUT2D eigenvalue weighted by molar-refractivity contribution is 6.36. The Bertz CT molecular complexity index is 272. The summed E-state index contributed by atoms with van der Waals surface area (Å²) in [6, 6.07) is 0. The van der Waals surface area contributed by atoms with Crippen molar-refractivity contribution in [1.82, 2.24) is 0 Å². The molecule has 1 radical (unpaired) electrons. The van der Waals surface area contributed by atoms with Crippen LogP contribution in [0, 0.1) is 11.2 Å². The Balaban J connectivity index is 4.67. The Labute approximate surface area is 113 Å². The van der Waals surface area contributed by atoms with Gasteiger partial charge >= 0.3 is 7.48 Å². The summed E-state index contributed by atoms with van der Waals surface area (Å²) in [6.45, 7) is 16.6. The summed E-state index contributed by atoms with van der Waals surface area (Å²) in [4.78, 5) is 0. The van der Waals surface area contributed by atoms with Crippen molar-refractivity contribution < 1.29 is 14.9 Å². The monoisotopic (exact) mass is 256 g/mol. The highest BCUT2D eigenvalue weighted by Crippen LogP contribution is 2.39. The molecule has 0 heterocycles. The molecule has 0 saturated heterocycles. The van der Waals surface area contributed by atoms with Gasteiger partial charge in [0, 0.05) is 0 Å². The van der Waals surface area contributed by atoms with Gasteiger partial charge in [0.25, 0.3) is 0 Å². The van der Waals surface area contributed by atoms with Crippen molar-refractivity contribution in [2.45, 2.75) is 79.1 Å². The minimum absolute atomic E-state index is 0.400. The van der Waals surface area contributed by atoms with Gasteiger partial charge in [-0.25, -0.2) is 0 Å². The maximum atomic E-state index is 10.2. The maximum absolute atomic E-state index is 10.2. The fourth-order valence-corrected chi connectivity index (χ4v) is 1.01. The van der Waals surface area contributed by atoms with Crippen LogP contribution in [0.25, 0.3) is 0 Å². The molecule has 0 amide bonds. The van der Waals surface area contributed by atoms with Gasteiger partial charge in [-0.1, -0.05) is 0 Å². The lowest BCUT2D eigenvalue weighted by Gasteiger charge is -2.38. The second-order valence-electron chi connectivity index (χ2n) is 7.17. The first-order valence-electron chi connectivity index (χ1n) is 6.43. The number of rotatable bonds is 6. The molecule has 0 bridgehead atoms. The lowest BCUT2D eigenvalue weighted by molar-refractivity contribution is -0.0918. The van der Waals surface area contributed by atoms with Crippen LogP contribution in [0.1, 0.15) is 62.3 Å². The third-order valence-corrected chi connectivity index (χ3v) is 4.52. The number of hydrogen-bond donors (Lipinski definition) is 2. The second kappa shape index (κ2) is 5.07. The third kappa shape index (κ3) is 3.90. The molecule has 0 rings (SSSR count). The van der Waals surface area contributed by atoms with Crippen LogP contribution in [0.4, 0.5) is 0 Å². The predicted octanol–water partition coefficient (Wildman–Crippen LogP) is 2.52. The largest absolute Gasteiger partial charge is 0.603 e. The van der Waals surface area contributed by atoms with Crippen LogP contribution in [0.3, 0.4) is 0 Å². The van der Waals surface area contributed by atoms with E-state index in [0.29, 0.717) is 0 Å². The van der Waals surface area contributed by atoms with E-state index >= 15 is 0 Å². The molecule has 0 aromatic carbocycles. The molecule has 0 aliphatic carbocycles. The van der Waals surface area contributed by atoms with Gasteiger partial charge in [0.1, 0.15) is 11.0 Å². The van der Waals surface area contributed by atoms with Crippen LogP contribution in [-0.2, 0) is 4.65 Å². The first-order chi connectivity index (χ1) is 7.63. The van der Waals surface area contributed by atoms with Crippen molar-refractivity contribution >= 4 is 7.48 Å². The summed E-state index contributed by atoms with van der Waals surface area (Å²) >= 11 is 0. The molecule has 0 aromatic heterocycles. The molecule has 3 nitrogen and oxygen atoms in total. The standard InChI is InChI=1S/C14H29BO3/c1-10(11(2,3)12(4,5)16)15-18-14(8,9)13(6,7)17/h16-17H,1-9H3/q+1. The zero-order valence-corrected chi connectivity index (χ0v) is 13.4. The van der Waals surface area contributed by atoms with E-state index in [9.17, 15) is 10.2 Å². The molecule has 0 aliphatic heterocycles. The third-order valence-electron chi connectivity index (χ3n) is 4.52. The molecule has 0 unspecified atom stereocenters. The topological polar surface area (TPSA) is 49.7 Å². The zero-order chi connectivity index (χ0) is 15.0. The molecule has 105 valence electrons. The Kier molecular flexibility index (Phi) is 5.01. The molecule has 0 aromatic rings. The minimum atomic E-state index is -0.942. The highest BCUT2D eigenvalue weighted by Gasteiger charge is 2.51. The Hall–Kier alpha value is -0.185. The van der Waals surface area contributed by atoms with E-state index in [0.717, 1.165) is 5.82 Å². The first kappa shape index (κ1) is 17.8. The molecule has 0 atom stereocenters. The number of aliphatic hydroxyl groups is 2. The maximum Gasteiger partial charge on any atom is 0.603 e. The van der Waals surface area contributed by atoms with E-state index in [-0.39, 0.29) is 0 Å². The lowest BCUT2D eigenvalue weighted by atomic mass is 9.58. The van der Waals surface area contributed by atoms with Crippen LogP contribution in [-0.4, -0.2) is 34.5 Å². The van der Waals surface area contributed by atoms with Crippen molar-refractivity contribution in [3.8, 4) is 0 Å². The zero-order valence-electron chi connectivity index (χ0n) is 13.4. The lowest BCUT2D eigenvalue weighted by Crippen LogP contribution is -2.51. The molecular formula is C14H29BO3+. The highest BCUT2D eigenvalue weighted by atomic mass is 16.5. The quantitative estimate of drug-likeness (QED) is 0.567. The van der Waals surface area contributed by atoms with E-state index in [4.69, 9.17) is 4.65 Å². The number of hydrogen-bond acceptors (Lipinski definition) is 3. The van der Waals surface area contributed by atoms with E-state index in [1.807, 2.05) is 34.6 Å². The van der Waals surface area contributed by atoms with Crippen LogP contribution in [0.15, 0.2) is 0 Å². The van der Waals surface area contributed by atoms with Crippen LogP contribution in [0.2, 0.25) is 0 Å². The average molecular weight is 256 g/mol. The summed E-state index contributed by atoms with van der Waals surface area (Å²) in [6.07, 6.45) is 0. The van der Waals surface area contributed by atoms with E-state index in [1.165, 1.54) is 0 Å². The van der Waals surface area contributed by atoms with Gasteiger partial charge in [-0.2, -0.15) is 0 Å². The summed E-state index contributed by atoms with van der Waals surface area (Å²) in [5.74, 6) is 0.937. The van der Waals surface area contributed by atoms with E-state index in [1.54, 1.807) is 35.2 Å². The Morgan fingerprint density at radius 1 is 0.833 bits per heavy atom. The van der Waals surface area contributed by atoms with E-state index < -0.39 is 22.2 Å². The molecular weight excluding hydrogens is 227 g/mol. The SMILES string of the molecule is C[C+]([B]OC(C)(C)C(C)(C)O)C(C)(C)C(C)(C)O. The molecule has 0 spiro atoms. The molecule has 0 fully saturated rings. The normalized spacial score (nSPS) is 14.6. The van der Waals surface area contributed by atoms with E-state index in [2.05, 4.69) is 0 Å². The van der Waals surface area contributed by atoms with Gasteiger partial charge in [-0.3, -0.25) is 0 Å². The summed E-state index contributed by atoms with van der Waals surface area (Å²) < 4.78 is 5.71. The molecule has 2 N–H and O–H groups in total.